The Bertz CT molecular complexity index is 948. The van der Waals surface area contributed by atoms with E-state index in [1.165, 1.54) is 0 Å². The predicted molar refractivity (Wildman–Crippen MR) is 95.0 cm³/mol. The number of fused-ring (bicyclic) bond motifs is 1. The Kier molecular flexibility index (Phi) is 4.80. The van der Waals surface area contributed by atoms with Gasteiger partial charge < -0.3 is 14.8 Å². The second-order valence-electron chi connectivity index (χ2n) is 6.52. The van der Waals surface area contributed by atoms with E-state index in [2.05, 4.69) is 18.8 Å². The number of phenols is 1. The molecular formula is C19H17ClF3NO2. The van der Waals surface area contributed by atoms with Gasteiger partial charge in [0.25, 0.3) is 0 Å². The third kappa shape index (κ3) is 3.75. The molecule has 3 rings (SSSR count). The van der Waals surface area contributed by atoms with Crippen molar-refractivity contribution < 1.29 is 23.0 Å². The van der Waals surface area contributed by atoms with E-state index in [1.54, 1.807) is 18.2 Å². The van der Waals surface area contributed by atoms with Gasteiger partial charge in [0.15, 0.2) is 5.75 Å². The maximum atomic E-state index is 13.3. The number of rotatable bonds is 4. The van der Waals surface area contributed by atoms with Crippen LogP contribution in [0.25, 0.3) is 10.9 Å². The van der Waals surface area contributed by atoms with Gasteiger partial charge in [0, 0.05) is 23.2 Å². The summed E-state index contributed by atoms with van der Waals surface area (Å²) in [5.74, 6) is -0.436. The molecule has 3 aromatic rings. The van der Waals surface area contributed by atoms with E-state index in [-0.39, 0.29) is 10.8 Å². The lowest BCUT2D eigenvalue weighted by molar-refractivity contribution is -0.138. The largest absolute Gasteiger partial charge is 0.508 e. The molecule has 26 heavy (non-hydrogen) atoms. The van der Waals surface area contributed by atoms with E-state index in [9.17, 15) is 18.3 Å². The number of hydrogen-bond acceptors (Lipinski definition) is 2. The van der Waals surface area contributed by atoms with Gasteiger partial charge in [-0.15, -0.1) is 0 Å². The van der Waals surface area contributed by atoms with Crippen LogP contribution in [0.3, 0.4) is 0 Å². The maximum absolute atomic E-state index is 13.3. The third-order valence-corrected chi connectivity index (χ3v) is 4.20. The molecule has 0 amide bonds. The van der Waals surface area contributed by atoms with Crippen molar-refractivity contribution in [3.05, 3.63) is 52.7 Å². The fraction of sp³-hybridized carbons (Fsp3) is 0.263. The van der Waals surface area contributed by atoms with Gasteiger partial charge in [0.1, 0.15) is 17.1 Å². The fourth-order valence-corrected chi connectivity index (χ4v) is 3.09. The van der Waals surface area contributed by atoms with Crippen LogP contribution in [0.15, 0.2) is 36.5 Å². The molecule has 0 bridgehead atoms. The molecule has 1 heterocycles. The molecule has 0 aliphatic rings. The van der Waals surface area contributed by atoms with E-state index in [0.29, 0.717) is 12.0 Å². The van der Waals surface area contributed by atoms with E-state index >= 15 is 0 Å². The lowest BCUT2D eigenvalue weighted by atomic mass is 10.0. The average Bonchev–Trinajstić information content (AvgIpc) is 2.90. The van der Waals surface area contributed by atoms with Crippen molar-refractivity contribution in [2.75, 3.05) is 0 Å². The first kappa shape index (κ1) is 18.5. The number of ether oxygens (including phenoxy) is 1. The zero-order valence-corrected chi connectivity index (χ0v) is 14.9. The first-order valence-corrected chi connectivity index (χ1v) is 8.40. The van der Waals surface area contributed by atoms with E-state index in [4.69, 9.17) is 16.3 Å². The Morgan fingerprint density at radius 3 is 2.58 bits per heavy atom. The molecule has 0 unspecified atom stereocenters. The van der Waals surface area contributed by atoms with Crippen LogP contribution in [0.2, 0.25) is 5.02 Å². The van der Waals surface area contributed by atoms with E-state index in [0.717, 1.165) is 29.0 Å². The molecule has 2 aromatic carbocycles. The molecule has 0 radical (unpaired) electrons. The number of H-pyrrole nitrogens is 1. The molecule has 0 atom stereocenters. The molecule has 3 nitrogen and oxygen atoms in total. The monoisotopic (exact) mass is 383 g/mol. The van der Waals surface area contributed by atoms with Gasteiger partial charge in [-0.25, -0.2) is 0 Å². The smallest absolute Gasteiger partial charge is 0.420 e. The van der Waals surface area contributed by atoms with Gasteiger partial charge in [0.05, 0.1) is 5.02 Å². The molecule has 0 aliphatic heterocycles. The summed E-state index contributed by atoms with van der Waals surface area (Å²) < 4.78 is 45.3. The van der Waals surface area contributed by atoms with Crippen molar-refractivity contribution >= 4 is 22.5 Å². The molecule has 138 valence electrons. The lowest BCUT2D eigenvalue weighted by Gasteiger charge is -2.16. The minimum absolute atomic E-state index is 0.236. The second kappa shape index (κ2) is 6.76. The van der Waals surface area contributed by atoms with Crippen molar-refractivity contribution in [3.8, 4) is 17.2 Å². The Morgan fingerprint density at radius 1 is 1.19 bits per heavy atom. The highest BCUT2D eigenvalue weighted by molar-refractivity contribution is 6.32. The van der Waals surface area contributed by atoms with Crippen LogP contribution in [0, 0.1) is 5.92 Å². The lowest BCUT2D eigenvalue weighted by Crippen LogP contribution is -2.07. The topological polar surface area (TPSA) is 45.2 Å². The molecule has 0 fully saturated rings. The second-order valence-corrected chi connectivity index (χ2v) is 6.93. The molecular weight excluding hydrogens is 367 g/mol. The summed E-state index contributed by atoms with van der Waals surface area (Å²) in [5, 5.41) is 10.0. The number of nitrogens with one attached hydrogen (secondary N) is 1. The van der Waals surface area contributed by atoms with Crippen LogP contribution < -0.4 is 4.74 Å². The Balaban J connectivity index is 2.04. The maximum Gasteiger partial charge on any atom is 0.420 e. The third-order valence-electron chi connectivity index (χ3n) is 3.92. The summed E-state index contributed by atoms with van der Waals surface area (Å²) in [6.45, 7) is 4.18. The van der Waals surface area contributed by atoms with Crippen LogP contribution in [-0.2, 0) is 12.6 Å². The van der Waals surface area contributed by atoms with Gasteiger partial charge in [0.2, 0.25) is 0 Å². The first-order valence-electron chi connectivity index (χ1n) is 8.02. The van der Waals surface area contributed by atoms with Crippen molar-refractivity contribution in [3.63, 3.8) is 0 Å². The van der Waals surface area contributed by atoms with Gasteiger partial charge in [-0.2, -0.15) is 13.2 Å². The van der Waals surface area contributed by atoms with Crippen molar-refractivity contribution in [2.24, 2.45) is 5.92 Å². The highest BCUT2D eigenvalue weighted by Crippen LogP contribution is 2.44. The summed E-state index contributed by atoms with van der Waals surface area (Å²) in [5.41, 5.74) is 0.813. The number of halogens is 4. The number of aromatic amines is 1. The highest BCUT2D eigenvalue weighted by Gasteiger charge is 2.36. The molecule has 7 heteroatoms. The van der Waals surface area contributed by atoms with Gasteiger partial charge in [-0.05, 0) is 42.2 Å². The summed E-state index contributed by atoms with van der Waals surface area (Å²) in [6.07, 6.45) is -1.99. The summed E-state index contributed by atoms with van der Waals surface area (Å²) >= 11 is 5.90. The van der Waals surface area contributed by atoms with Crippen molar-refractivity contribution in [1.29, 1.82) is 0 Å². The number of aromatic hydroxyl groups is 1. The van der Waals surface area contributed by atoms with Crippen LogP contribution in [0.4, 0.5) is 13.2 Å². The first-order chi connectivity index (χ1) is 12.1. The van der Waals surface area contributed by atoms with Crippen LogP contribution in [0.5, 0.6) is 17.2 Å². The number of aromatic nitrogens is 1. The summed E-state index contributed by atoms with van der Waals surface area (Å²) in [6, 6.07) is 6.62. The normalized spacial score (nSPS) is 12.1. The zero-order chi connectivity index (χ0) is 19.1. The average molecular weight is 384 g/mol. The molecule has 2 N–H and O–H groups in total. The molecule has 0 saturated carbocycles. The zero-order valence-electron chi connectivity index (χ0n) is 14.1. The highest BCUT2D eigenvalue weighted by atomic mass is 35.5. The van der Waals surface area contributed by atoms with Gasteiger partial charge in [-0.1, -0.05) is 25.4 Å². The SMILES string of the molecule is CC(C)Cc1c[nH]c2ccc(Oc3c(Cl)cc(O)cc3C(F)(F)F)cc12. The van der Waals surface area contributed by atoms with Crippen LogP contribution in [-0.4, -0.2) is 10.1 Å². The Labute approximate surface area is 153 Å². The number of phenolic OH excluding ortho intramolecular Hbond substituents is 1. The van der Waals surface area contributed by atoms with Crippen LogP contribution in [0.1, 0.15) is 25.0 Å². The van der Waals surface area contributed by atoms with Crippen molar-refractivity contribution in [2.45, 2.75) is 26.4 Å². The number of benzene rings is 2. The van der Waals surface area contributed by atoms with Gasteiger partial charge >= 0.3 is 6.18 Å². The summed E-state index contributed by atoms with van der Waals surface area (Å²) in [4.78, 5) is 3.14. The molecule has 0 spiro atoms. The quantitative estimate of drug-likeness (QED) is 0.537. The van der Waals surface area contributed by atoms with Crippen LogP contribution >= 0.6 is 11.6 Å². The Morgan fingerprint density at radius 2 is 1.92 bits per heavy atom. The van der Waals surface area contributed by atoms with Gasteiger partial charge in [-0.3, -0.25) is 0 Å². The minimum atomic E-state index is -4.71. The minimum Gasteiger partial charge on any atom is -0.508 e. The number of hydrogen-bond donors (Lipinski definition) is 2. The molecule has 0 aliphatic carbocycles. The van der Waals surface area contributed by atoms with Crippen molar-refractivity contribution in [1.82, 2.24) is 4.98 Å². The Hall–Kier alpha value is -2.34. The van der Waals surface area contributed by atoms with E-state index in [1.807, 2.05) is 6.20 Å². The van der Waals surface area contributed by atoms with E-state index < -0.39 is 23.2 Å². The number of alkyl halides is 3. The standard InChI is InChI=1S/C19H17ClF3NO2/c1-10(2)5-11-9-24-17-4-3-13(8-14(11)17)26-18-15(19(21,22)23)6-12(25)7-16(18)20/h3-4,6-10,24-25H,5H2,1-2H3. The molecule has 1 aromatic heterocycles. The predicted octanol–water partition coefficient (Wildman–Crippen LogP) is 6.54. The molecule has 0 saturated heterocycles. The summed E-state index contributed by atoms with van der Waals surface area (Å²) in [7, 11) is 0. The fourth-order valence-electron chi connectivity index (χ4n) is 2.84.